The molecule has 1 aromatic carbocycles. The van der Waals surface area contributed by atoms with Crippen LogP contribution in [0.4, 0.5) is 4.39 Å². The molecule has 0 aliphatic heterocycles. The summed E-state index contributed by atoms with van der Waals surface area (Å²) in [6.45, 7) is 2.04. The smallest absolute Gasteiger partial charge is 0.124 e. The third kappa shape index (κ3) is 1.64. The van der Waals surface area contributed by atoms with E-state index in [4.69, 9.17) is 11.6 Å². The van der Waals surface area contributed by atoms with Gasteiger partial charge in [0.05, 0.1) is 5.88 Å². The Morgan fingerprint density at radius 3 is 2.79 bits per heavy atom. The van der Waals surface area contributed by atoms with Crippen LogP contribution in [0, 0.1) is 5.82 Å². The molecule has 0 saturated carbocycles. The molecule has 0 bridgehead atoms. The first-order valence-electron chi connectivity index (χ1n) is 4.51. The lowest BCUT2D eigenvalue weighted by Crippen LogP contribution is -1.82. The second-order valence-electron chi connectivity index (χ2n) is 3.18. The standard InChI is InChI=1S/C11H10ClFS/c1-2-7-3-9(13)4-8-5-10(6-12)14-11(7)8/h3-5H,2,6H2,1H3. The molecule has 3 heteroatoms. The summed E-state index contributed by atoms with van der Waals surface area (Å²) in [5.41, 5.74) is 1.07. The van der Waals surface area contributed by atoms with Gasteiger partial charge in [0.1, 0.15) is 5.82 Å². The van der Waals surface area contributed by atoms with E-state index in [0.29, 0.717) is 5.88 Å². The highest BCUT2D eigenvalue weighted by Gasteiger charge is 2.06. The predicted octanol–water partition coefficient (Wildman–Crippen LogP) is 4.34. The molecule has 2 rings (SSSR count). The van der Waals surface area contributed by atoms with Crippen molar-refractivity contribution in [3.8, 4) is 0 Å². The molecule has 0 nitrogen and oxygen atoms in total. The zero-order valence-corrected chi connectivity index (χ0v) is 9.38. The molecule has 0 aliphatic rings. The Hall–Kier alpha value is -0.600. The lowest BCUT2D eigenvalue weighted by atomic mass is 10.1. The summed E-state index contributed by atoms with van der Waals surface area (Å²) in [6.07, 6.45) is 0.858. The van der Waals surface area contributed by atoms with Crippen LogP contribution in [-0.2, 0) is 12.3 Å². The van der Waals surface area contributed by atoms with Crippen molar-refractivity contribution >= 4 is 33.0 Å². The molecule has 0 unspecified atom stereocenters. The first kappa shape index (κ1) is 9.94. The molecular weight excluding hydrogens is 219 g/mol. The maximum Gasteiger partial charge on any atom is 0.124 e. The number of hydrogen-bond donors (Lipinski definition) is 0. The van der Waals surface area contributed by atoms with Gasteiger partial charge < -0.3 is 0 Å². The van der Waals surface area contributed by atoms with Gasteiger partial charge in [0.25, 0.3) is 0 Å². The van der Waals surface area contributed by atoms with Crippen LogP contribution in [0.2, 0.25) is 0 Å². The maximum atomic E-state index is 13.2. The lowest BCUT2D eigenvalue weighted by Gasteiger charge is -1.98. The molecule has 0 aliphatic carbocycles. The topological polar surface area (TPSA) is 0 Å². The van der Waals surface area contributed by atoms with Crippen molar-refractivity contribution in [1.82, 2.24) is 0 Å². The van der Waals surface area contributed by atoms with Crippen molar-refractivity contribution < 1.29 is 4.39 Å². The molecule has 0 amide bonds. The van der Waals surface area contributed by atoms with Crippen molar-refractivity contribution in [3.63, 3.8) is 0 Å². The Morgan fingerprint density at radius 1 is 1.36 bits per heavy atom. The fraction of sp³-hybridized carbons (Fsp3) is 0.273. The SMILES string of the molecule is CCc1cc(F)cc2cc(CCl)sc12. The summed E-state index contributed by atoms with van der Waals surface area (Å²) < 4.78 is 14.3. The molecular formula is C11H10ClFS. The Bertz CT molecular complexity index is 462. The summed E-state index contributed by atoms with van der Waals surface area (Å²) in [5, 5.41) is 0.975. The van der Waals surface area contributed by atoms with Crippen LogP contribution in [0.3, 0.4) is 0 Å². The quantitative estimate of drug-likeness (QED) is 0.671. The Morgan fingerprint density at radius 2 is 2.14 bits per heavy atom. The fourth-order valence-corrected chi connectivity index (χ4v) is 2.88. The summed E-state index contributed by atoms with van der Waals surface area (Å²) in [7, 11) is 0. The van der Waals surface area contributed by atoms with Crippen LogP contribution in [-0.4, -0.2) is 0 Å². The van der Waals surface area contributed by atoms with Crippen LogP contribution in [0.1, 0.15) is 17.4 Å². The van der Waals surface area contributed by atoms with Crippen LogP contribution >= 0.6 is 22.9 Å². The number of benzene rings is 1. The third-order valence-electron chi connectivity index (χ3n) is 2.22. The highest BCUT2D eigenvalue weighted by molar-refractivity contribution is 7.19. The van der Waals surface area contributed by atoms with Crippen molar-refractivity contribution in [2.75, 3.05) is 0 Å². The van der Waals surface area contributed by atoms with Crippen LogP contribution in [0.15, 0.2) is 18.2 Å². The Kier molecular flexibility index (Phi) is 2.75. The summed E-state index contributed by atoms with van der Waals surface area (Å²) in [4.78, 5) is 1.10. The van der Waals surface area contributed by atoms with Gasteiger partial charge >= 0.3 is 0 Å². The molecule has 0 spiro atoms. The first-order valence-corrected chi connectivity index (χ1v) is 5.86. The van der Waals surface area contributed by atoms with Crippen molar-refractivity contribution in [3.05, 3.63) is 34.5 Å². The molecule has 1 heterocycles. The number of aryl methyl sites for hydroxylation is 1. The van der Waals surface area contributed by atoms with Crippen molar-refractivity contribution in [1.29, 1.82) is 0 Å². The fourth-order valence-electron chi connectivity index (χ4n) is 1.57. The molecule has 0 atom stereocenters. The average molecular weight is 229 g/mol. The highest BCUT2D eigenvalue weighted by Crippen LogP contribution is 2.30. The summed E-state index contributed by atoms with van der Waals surface area (Å²) >= 11 is 7.41. The minimum atomic E-state index is -0.159. The zero-order chi connectivity index (χ0) is 10.1. The van der Waals surface area contributed by atoms with E-state index in [9.17, 15) is 4.39 Å². The van der Waals surface area contributed by atoms with E-state index in [0.717, 1.165) is 22.2 Å². The van der Waals surface area contributed by atoms with E-state index in [1.165, 1.54) is 4.70 Å². The monoisotopic (exact) mass is 228 g/mol. The number of hydrogen-bond acceptors (Lipinski definition) is 1. The van der Waals surface area contributed by atoms with Gasteiger partial charge in [0.15, 0.2) is 0 Å². The summed E-state index contributed by atoms with van der Waals surface area (Å²) in [6, 6.07) is 5.15. The van der Waals surface area contributed by atoms with Gasteiger partial charge in [-0.1, -0.05) is 6.92 Å². The van der Waals surface area contributed by atoms with E-state index in [1.807, 2.05) is 13.0 Å². The number of rotatable bonds is 2. The number of thiophene rings is 1. The van der Waals surface area contributed by atoms with Gasteiger partial charge in [0.2, 0.25) is 0 Å². The van der Waals surface area contributed by atoms with Crippen LogP contribution in [0.5, 0.6) is 0 Å². The van der Waals surface area contributed by atoms with Gasteiger partial charge in [-0.2, -0.15) is 0 Å². The van der Waals surface area contributed by atoms with E-state index < -0.39 is 0 Å². The number of fused-ring (bicyclic) bond motifs is 1. The van der Waals surface area contributed by atoms with Crippen molar-refractivity contribution in [2.24, 2.45) is 0 Å². The van der Waals surface area contributed by atoms with Gasteiger partial charge in [0, 0.05) is 9.58 Å². The Labute approximate surface area is 91.3 Å². The molecule has 0 radical (unpaired) electrons. The average Bonchev–Trinajstić information content (AvgIpc) is 2.59. The molecule has 0 N–H and O–H groups in total. The van der Waals surface area contributed by atoms with Gasteiger partial charge in [-0.25, -0.2) is 4.39 Å². The van der Waals surface area contributed by atoms with Crippen LogP contribution in [0.25, 0.3) is 10.1 Å². The van der Waals surface area contributed by atoms with Gasteiger partial charge in [-0.05, 0) is 35.6 Å². The first-order chi connectivity index (χ1) is 6.74. The van der Waals surface area contributed by atoms with E-state index in [1.54, 1.807) is 23.5 Å². The van der Waals surface area contributed by atoms with Gasteiger partial charge in [-0.15, -0.1) is 22.9 Å². The second-order valence-corrected chi connectivity index (χ2v) is 4.59. The second kappa shape index (κ2) is 3.87. The molecule has 2 aromatic rings. The zero-order valence-electron chi connectivity index (χ0n) is 7.81. The van der Waals surface area contributed by atoms with E-state index >= 15 is 0 Å². The third-order valence-corrected chi connectivity index (χ3v) is 3.89. The number of halogens is 2. The summed E-state index contributed by atoms with van der Waals surface area (Å²) in [5.74, 6) is 0.345. The minimum absolute atomic E-state index is 0.159. The van der Waals surface area contributed by atoms with E-state index in [-0.39, 0.29) is 5.82 Å². The molecule has 14 heavy (non-hydrogen) atoms. The van der Waals surface area contributed by atoms with Crippen LogP contribution < -0.4 is 0 Å². The highest BCUT2D eigenvalue weighted by atomic mass is 35.5. The van der Waals surface area contributed by atoms with Gasteiger partial charge in [-0.3, -0.25) is 0 Å². The Balaban J connectivity index is 2.71. The molecule has 0 fully saturated rings. The molecule has 74 valence electrons. The predicted molar refractivity (Wildman–Crippen MR) is 60.7 cm³/mol. The maximum absolute atomic E-state index is 13.2. The lowest BCUT2D eigenvalue weighted by molar-refractivity contribution is 0.628. The minimum Gasteiger partial charge on any atom is -0.207 e. The molecule has 1 aromatic heterocycles. The molecule has 0 saturated heterocycles. The van der Waals surface area contributed by atoms with E-state index in [2.05, 4.69) is 0 Å². The largest absolute Gasteiger partial charge is 0.207 e. The number of alkyl halides is 1. The normalized spacial score (nSPS) is 11.1. The van der Waals surface area contributed by atoms with Crippen molar-refractivity contribution in [2.45, 2.75) is 19.2 Å².